The number of halogens is 1. The Hall–Kier alpha value is 0.170. The number of aliphatic hydroxyl groups is 1. The van der Waals surface area contributed by atoms with Crippen molar-refractivity contribution < 1.29 is 5.11 Å². The molecule has 0 spiro atoms. The van der Waals surface area contributed by atoms with Gasteiger partial charge in [-0.2, -0.15) is 0 Å². The molecule has 0 saturated carbocycles. The Morgan fingerprint density at radius 3 is 1.78 bits per heavy atom. The zero-order valence-electron chi connectivity index (χ0n) is 5.31. The van der Waals surface area contributed by atoms with E-state index in [1.165, 1.54) is 0 Å². The summed E-state index contributed by atoms with van der Waals surface area (Å²) in [4.78, 5) is 0. The summed E-state index contributed by atoms with van der Waals surface area (Å²) in [6, 6.07) is 0. The van der Waals surface area contributed by atoms with Crippen LogP contribution in [0.5, 0.6) is 0 Å². The number of alkyl halides is 1. The molecule has 0 amide bonds. The van der Waals surface area contributed by atoms with Crippen LogP contribution in [0, 0.1) is 5.41 Å². The Labute approximate surface area is 60.0 Å². The maximum absolute atomic E-state index is 8.73. The minimum absolute atomic E-state index is 0.0382. The normalized spacial score (nSPS) is 12.0. The van der Waals surface area contributed by atoms with Gasteiger partial charge in [0, 0.05) is 24.4 Å². The Morgan fingerprint density at radius 1 is 1.33 bits per heavy atom. The van der Waals surface area contributed by atoms with Crippen molar-refractivity contribution >= 4 is 11.6 Å². The summed E-state index contributed by atoms with van der Waals surface area (Å²) in [6.45, 7) is 0.635. The maximum atomic E-state index is 8.73. The topological polar surface area (TPSA) is 72.3 Å². The SMILES string of the molecule is NCC(CN)(CO)CCl. The van der Waals surface area contributed by atoms with Crippen molar-refractivity contribution in [2.75, 3.05) is 25.6 Å². The van der Waals surface area contributed by atoms with E-state index < -0.39 is 5.41 Å². The van der Waals surface area contributed by atoms with E-state index in [1.807, 2.05) is 0 Å². The van der Waals surface area contributed by atoms with Crippen LogP contribution < -0.4 is 11.5 Å². The molecular formula is C5H13ClN2O. The summed E-state index contributed by atoms with van der Waals surface area (Å²) in [6.07, 6.45) is 0. The largest absolute Gasteiger partial charge is 0.396 e. The van der Waals surface area contributed by atoms with E-state index in [0.717, 1.165) is 0 Å². The standard InChI is InChI=1S/C5H13ClN2O/c6-1-5(2-7,3-8)4-9/h9H,1-4,7-8H2. The van der Waals surface area contributed by atoms with E-state index in [4.69, 9.17) is 28.2 Å². The Kier molecular flexibility index (Phi) is 4.14. The molecule has 0 saturated heterocycles. The zero-order valence-corrected chi connectivity index (χ0v) is 6.06. The van der Waals surface area contributed by atoms with Gasteiger partial charge in [-0.1, -0.05) is 0 Å². The first-order chi connectivity index (χ1) is 4.24. The van der Waals surface area contributed by atoms with Crippen molar-refractivity contribution in [3.05, 3.63) is 0 Å². The summed E-state index contributed by atoms with van der Waals surface area (Å²) in [5.41, 5.74) is 10.2. The number of hydrogen-bond donors (Lipinski definition) is 3. The first-order valence-electron chi connectivity index (χ1n) is 2.81. The van der Waals surface area contributed by atoms with Gasteiger partial charge in [0.1, 0.15) is 0 Å². The van der Waals surface area contributed by atoms with Gasteiger partial charge in [-0.25, -0.2) is 0 Å². The van der Waals surface area contributed by atoms with Gasteiger partial charge in [-0.3, -0.25) is 0 Å². The Morgan fingerprint density at radius 2 is 1.78 bits per heavy atom. The second-order valence-corrected chi connectivity index (χ2v) is 2.47. The lowest BCUT2D eigenvalue weighted by molar-refractivity contribution is 0.160. The summed E-state index contributed by atoms with van der Waals surface area (Å²) in [7, 11) is 0. The second kappa shape index (κ2) is 4.06. The van der Waals surface area contributed by atoms with E-state index >= 15 is 0 Å². The summed E-state index contributed by atoms with van der Waals surface area (Å²) < 4.78 is 0. The third kappa shape index (κ3) is 2.10. The first kappa shape index (κ1) is 9.17. The van der Waals surface area contributed by atoms with Crippen LogP contribution in [-0.2, 0) is 0 Å². The van der Waals surface area contributed by atoms with E-state index in [9.17, 15) is 0 Å². The Balaban J connectivity index is 3.82. The van der Waals surface area contributed by atoms with Gasteiger partial charge >= 0.3 is 0 Å². The van der Waals surface area contributed by atoms with Gasteiger partial charge in [0.15, 0.2) is 0 Å². The minimum Gasteiger partial charge on any atom is -0.396 e. The molecule has 0 aromatic rings. The molecule has 0 heterocycles. The van der Waals surface area contributed by atoms with Gasteiger partial charge < -0.3 is 16.6 Å². The van der Waals surface area contributed by atoms with Crippen molar-refractivity contribution in [3.8, 4) is 0 Å². The highest BCUT2D eigenvalue weighted by atomic mass is 35.5. The van der Waals surface area contributed by atoms with Crippen molar-refractivity contribution in [2.24, 2.45) is 16.9 Å². The summed E-state index contributed by atoms with van der Waals surface area (Å²) in [5.74, 6) is 0.316. The predicted octanol–water partition coefficient (Wildman–Crippen LogP) is -0.879. The highest BCUT2D eigenvalue weighted by molar-refractivity contribution is 6.18. The van der Waals surface area contributed by atoms with Crippen LogP contribution in [0.4, 0.5) is 0 Å². The molecule has 0 aliphatic rings. The molecule has 0 unspecified atom stereocenters. The van der Waals surface area contributed by atoms with Crippen LogP contribution in [-0.4, -0.2) is 30.7 Å². The maximum Gasteiger partial charge on any atom is 0.0523 e. The van der Waals surface area contributed by atoms with Crippen LogP contribution >= 0.6 is 11.6 Å². The lowest BCUT2D eigenvalue weighted by Crippen LogP contribution is -2.42. The van der Waals surface area contributed by atoms with Crippen LogP contribution in [0.25, 0.3) is 0 Å². The number of aliphatic hydroxyl groups excluding tert-OH is 1. The minimum atomic E-state index is -0.457. The van der Waals surface area contributed by atoms with Crippen LogP contribution in [0.1, 0.15) is 0 Å². The average Bonchev–Trinajstić information content (AvgIpc) is 1.95. The zero-order chi connectivity index (χ0) is 7.33. The lowest BCUT2D eigenvalue weighted by atomic mass is 9.92. The fourth-order valence-electron chi connectivity index (χ4n) is 0.364. The molecule has 9 heavy (non-hydrogen) atoms. The molecule has 0 aliphatic heterocycles. The van der Waals surface area contributed by atoms with E-state index in [1.54, 1.807) is 0 Å². The molecule has 4 heteroatoms. The first-order valence-corrected chi connectivity index (χ1v) is 3.35. The van der Waals surface area contributed by atoms with Gasteiger partial charge in [-0.05, 0) is 0 Å². The quantitative estimate of drug-likeness (QED) is 0.459. The fourth-order valence-corrected chi connectivity index (χ4v) is 0.667. The van der Waals surface area contributed by atoms with E-state index in [0.29, 0.717) is 19.0 Å². The van der Waals surface area contributed by atoms with Crippen molar-refractivity contribution in [1.82, 2.24) is 0 Å². The Bertz CT molecular complexity index is 57.8. The fraction of sp³-hybridized carbons (Fsp3) is 1.00. The molecular weight excluding hydrogens is 140 g/mol. The second-order valence-electron chi connectivity index (χ2n) is 2.20. The van der Waals surface area contributed by atoms with Crippen molar-refractivity contribution in [1.29, 1.82) is 0 Å². The van der Waals surface area contributed by atoms with E-state index in [2.05, 4.69) is 0 Å². The third-order valence-corrected chi connectivity index (χ3v) is 2.05. The average molecular weight is 153 g/mol. The van der Waals surface area contributed by atoms with E-state index in [-0.39, 0.29) is 6.61 Å². The van der Waals surface area contributed by atoms with Crippen molar-refractivity contribution in [3.63, 3.8) is 0 Å². The summed E-state index contributed by atoms with van der Waals surface area (Å²) in [5, 5.41) is 8.73. The monoisotopic (exact) mass is 152 g/mol. The molecule has 0 radical (unpaired) electrons. The number of hydrogen-bond acceptors (Lipinski definition) is 3. The predicted molar refractivity (Wildman–Crippen MR) is 38.3 cm³/mol. The van der Waals surface area contributed by atoms with Gasteiger partial charge in [0.25, 0.3) is 0 Å². The molecule has 56 valence electrons. The van der Waals surface area contributed by atoms with Gasteiger partial charge in [-0.15, -0.1) is 11.6 Å². The third-order valence-electron chi connectivity index (χ3n) is 1.48. The molecule has 0 aromatic carbocycles. The molecule has 5 N–H and O–H groups in total. The lowest BCUT2D eigenvalue weighted by Gasteiger charge is -2.25. The molecule has 0 fully saturated rings. The summed E-state index contributed by atoms with van der Waals surface area (Å²) >= 11 is 5.50. The number of nitrogens with two attached hydrogens (primary N) is 2. The van der Waals surface area contributed by atoms with Crippen LogP contribution in [0.2, 0.25) is 0 Å². The smallest absolute Gasteiger partial charge is 0.0523 e. The molecule has 3 nitrogen and oxygen atoms in total. The highest BCUT2D eigenvalue weighted by Gasteiger charge is 2.24. The molecule has 0 aliphatic carbocycles. The highest BCUT2D eigenvalue weighted by Crippen LogP contribution is 2.13. The molecule has 0 bridgehead atoms. The van der Waals surface area contributed by atoms with Crippen LogP contribution in [0.3, 0.4) is 0 Å². The van der Waals surface area contributed by atoms with Crippen molar-refractivity contribution in [2.45, 2.75) is 0 Å². The molecule has 0 aromatic heterocycles. The number of rotatable bonds is 4. The molecule has 0 atom stereocenters. The van der Waals surface area contributed by atoms with Gasteiger partial charge in [0.2, 0.25) is 0 Å². The van der Waals surface area contributed by atoms with Gasteiger partial charge in [0.05, 0.1) is 6.61 Å². The molecule has 0 rings (SSSR count). The van der Waals surface area contributed by atoms with Crippen LogP contribution in [0.15, 0.2) is 0 Å².